The van der Waals surface area contributed by atoms with Gasteiger partial charge in [-0.15, -0.1) is 32.9 Å². The van der Waals surface area contributed by atoms with E-state index in [4.69, 9.17) is 14.2 Å². The Morgan fingerprint density at radius 3 is 1.43 bits per heavy atom. The van der Waals surface area contributed by atoms with Crippen LogP contribution in [-0.4, -0.2) is 101 Å². The number of carbonyl (C=O) groups excluding carboxylic acids is 7. The Hall–Kier alpha value is -8.90. The first-order valence-corrected chi connectivity index (χ1v) is 22.7. The number of thiophene rings is 2. The molecule has 360 valence electrons. The molecule has 0 radical (unpaired) electrons. The molecule has 0 bridgehead atoms. The number of benzene rings is 2. The van der Waals surface area contributed by atoms with E-state index in [1.54, 1.807) is 114 Å². The molecule has 70 heavy (non-hydrogen) atoms. The second-order valence-corrected chi connectivity index (χ2v) is 17.5. The average molecular weight is 991 g/mol. The van der Waals surface area contributed by atoms with Crippen molar-refractivity contribution in [1.29, 1.82) is 0 Å². The van der Waals surface area contributed by atoms with Crippen molar-refractivity contribution < 1.29 is 57.7 Å². The summed E-state index contributed by atoms with van der Waals surface area (Å²) in [4.78, 5) is 106. The molecule has 4 amide bonds. The minimum atomic E-state index is -1.18. The number of nitrogens with one attached hydrogen (secondary N) is 6. The number of para-hydroxylation sites is 2. The summed E-state index contributed by atoms with van der Waals surface area (Å²) in [5, 5.41) is 28.9. The highest BCUT2D eigenvalue weighted by Crippen LogP contribution is 2.35. The van der Waals surface area contributed by atoms with Gasteiger partial charge in [-0.25, -0.2) is 19.2 Å². The van der Waals surface area contributed by atoms with Gasteiger partial charge in [-0.1, -0.05) is 24.3 Å². The van der Waals surface area contributed by atoms with Crippen LogP contribution in [0.25, 0.3) is 20.4 Å². The number of hydrogen-bond donors (Lipinski definition) is 7. The molecule has 24 heteroatoms. The highest BCUT2D eigenvalue weighted by molar-refractivity contribution is 7.21. The van der Waals surface area contributed by atoms with Crippen LogP contribution in [0.3, 0.4) is 0 Å². The first kappa shape index (κ1) is 49.0. The first-order chi connectivity index (χ1) is 33.5. The number of rotatable bonds is 12. The van der Waals surface area contributed by atoms with E-state index in [1.807, 2.05) is 0 Å². The number of carbonyl (C=O) groups is 8. The number of esters is 1. The molecule has 0 spiro atoms. The summed E-state index contributed by atoms with van der Waals surface area (Å²) < 4.78 is 17.4. The summed E-state index contributed by atoms with van der Waals surface area (Å²) in [5.74, 6) is -3.77. The minimum Gasteiger partial charge on any atom is -0.477 e. The molecule has 2 aromatic carbocycles. The van der Waals surface area contributed by atoms with Gasteiger partial charge in [0.25, 0.3) is 23.6 Å². The predicted octanol–water partition coefficient (Wildman–Crippen LogP) is 8.52. The molecule has 0 fully saturated rings. The number of carboxylic acid groups (broad SMARTS) is 1. The lowest BCUT2D eigenvalue weighted by molar-refractivity contribution is 0.00744. The van der Waals surface area contributed by atoms with E-state index in [1.165, 1.54) is 18.2 Å². The fraction of sp³-hybridized carbons (Fsp3) is 0.174. The van der Waals surface area contributed by atoms with Gasteiger partial charge < -0.3 is 50.6 Å². The summed E-state index contributed by atoms with van der Waals surface area (Å²) in [5.41, 5.74) is 0.783. The van der Waals surface area contributed by atoms with Crippen LogP contribution in [0, 0.1) is 0 Å². The van der Waals surface area contributed by atoms with Crippen LogP contribution in [0.5, 0.6) is 0 Å². The molecule has 0 aliphatic carbocycles. The molecule has 0 unspecified atom stereocenters. The van der Waals surface area contributed by atoms with Crippen LogP contribution >= 0.6 is 22.7 Å². The molecule has 8 rings (SSSR count). The zero-order valence-electron chi connectivity index (χ0n) is 37.7. The second kappa shape index (κ2) is 20.9. The number of nitrogens with zero attached hydrogens (tertiary/aromatic N) is 4. The number of carboxylic acids is 1. The van der Waals surface area contributed by atoms with E-state index >= 15 is 0 Å². The lowest BCUT2D eigenvalue weighted by Crippen LogP contribution is -2.23. The van der Waals surface area contributed by atoms with E-state index in [0.717, 1.165) is 32.0 Å². The van der Waals surface area contributed by atoms with Crippen molar-refractivity contribution >= 4 is 114 Å². The lowest BCUT2D eigenvalue weighted by atomic mass is 10.1. The SMILES string of the molecule is CCOC(=O)n1nc(NC(=O)c2ccccc2NC(=O)c2ccc[nH]2)c2cc(C(=O)O)sc21.CCOC(=O)n1nc(NC(=O)c2ccccc2NC(=O)c2ccc[nH]2)c2cc(C(=O)OC(C)(C)C)sc21. The number of anilines is 4. The van der Waals surface area contributed by atoms with Crippen molar-refractivity contribution in [2.75, 3.05) is 34.5 Å². The Morgan fingerprint density at radius 1 is 0.600 bits per heavy atom. The van der Waals surface area contributed by atoms with Gasteiger partial charge in [-0.2, -0.15) is 9.36 Å². The molecule has 0 aliphatic rings. The zero-order valence-corrected chi connectivity index (χ0v) is 39.3. The Morgan fingerprint density at radius 2 is 1.03 bits per heavy atom. The molecule has 22 nitrogen and oxygen atoms in total. The van der Waals surface area contributed by atoms with Crippen LogP contribution in [-0.2, 0) is 14.2 Å². The van der Waals surface area contributed by atoms with E-state index in [9.17, 15) is 43.5 Å². The third-order valence-corrected chi connectivity index (χ3v) is 11.6. The quantitative estimate of drug-likeness (QED) is 0.0446. The zero-order chi connectivity index (χ0) is 50.3. The summed E-state index contributed by atoms with van der Waals surface area (Å²) in [6.45, 7) is 8.72. The van der Waals surface area contributed by atoms with Crippen molar-refractivity contribution in [3.63, 3.8) is 0 Å². The molecule has 6 aromatic heterocycles. The fourth-order valence-corrected chi connectivity index (χ4v) is 8.32. The van der Waals surface area contributed by atoms with Crippen LogP contribution in [0.1, 0.15) is 95.7 Å². The molecular formula is C46H42N10O12S2. The van der Waals surface area contributed by atoms with Gasteiger partial charge in [-0.3, -0.25) is 19.2 Å². The van der Waals surface area contributed by atoms with Gasteiger partial charge in [0.15, 0.2) is 11.6 Å². The number of aromatic nitrogens is 6. The Kier molecular flexibility index (Phi) is 14.7. The smallest absolute Gasteiger partial charge is 0.436 e. The largest absolute Gasteiger partial charge is 0.477 e. The lowest BCUT2D eigenvalue weighted by Gasteiger charge is -2.18. The molecule has 0 aliphatic heterocycles. The van der Waals surface area contributed by atoms with Gasteiger partial charge in [0.2, 0.25) is 0 Å². The highest BCUT2D eigenvalue weighted by atomic mass is 32.1. The van der Waals surface area contributed by atoms with Gasteiger partial charge in [-0.05, 0) is 95.3 Å². The Bertz CT molecular complexity index is 3290. The molecule has 6 heterocycles. The summed E-state index contributed by atoms with van der Waals surface area (Å²) in [7, 11) is 0. The number of aromatic amines is 2. The van der Waals surface area contributed by atoms with Gasteiger partial charge >= 0.3 is 24.1 Å². The van der Waals surface area contributed by atoms with Crippen LogP contribution in [0.2, 0.25) is 0 Å². The van der Waals surface area contributed by atoms with Crippen LogP contribution in [0.4, 0.5) is 32.6 Å². The molecule has 7 N–H and O–H groups in total. The number of H-pyrrole nitrogens is 2. The van der Waals surface area contributed by atoms with Gasteiger partial charge in [0.05, 0.1) is 46.5 Å². The molecule has 0 saturated carbocycles. The topological polar surface area (TPSA) is 300 Å². The minimum absolute atomic E-state index is 0.0164. The van der Waals surface area contributed by atoms with Gasteiger partial charge in [0.1, 0.15) is 36.4 Å². The van der Waals surface area contributed by atoms with Crippen molar-refractivity contribution in [3.05, 3.63) is 130 Å². The van der Waals surface area contributed by atoms with Crippen molar-refractivity contribution in [1.82, 2.24) is 29.5 Å². The molecule has 0 atom stereocenters. The molecule has 8 aromatic rings. The first-order valence-electron chi connectivity index (χ1n) is 21.0. The monoisotopic (exact) mass is 990 g/mol. The number of aromatic carboxylic acids is 1. The second-order valence-electron chi connectivity index (χ2n) is 15.5. The number of hydrogen-bond acceptors (Lipinski definition) is 15. The number of ether oxygens (including phenoxy) is 3. The summed E-state index contributed by atoms with van der Waals surface area (Å²) in [6, 6.07) is 22.2. The maximum Gasteiger partial charge on any atom is 0.436 e. The van der Waals surface area contributed by atoms with Gasteiger partial charge in [0, 0.05) is 12.4 Å². The van der Waals surface area contributed by atoms with E-state index < -0.39 is 53.4 Å². The molecule has 0 saturated heterocycles. The van der Waals surface area contributed by atoms with Crippen molar-refractivity contribution in [2.45, 2.75) is 40.2 Å². The van der Waals surface area contributed by atoms with E-state index in [2.05, 4.69) is 41.4 Å². The van der Waals surface area contributed by atoms with Crippen molar-refractivity contribution in [3.8, 4) is 0 Å². The summed E-state index contributed by atoms with van der Waals surface area (Å²) >= 11 is 1.82. The van der Waals surface area contributed by atoms with Crippen LogP contribution in [0.15, 0.2) is 97.3 Å². The number of amides is 4. The Balaban J connectivity index is 0.000000208. The maximum absolute atomic E-state index is 13.3. The average Bonchev–Trinajstić information content (AvgIpc) is 4.18. The predicted molar refractivity (Wildman–Crippen MR) is 258 cm³/mol. The standard InChI is InChI=1S/C25H25N5O6S.C21H17N5O6S/c1-5-35-24(34)30-22-15(13-18(37-22)23(33)36-25(2,3)4)19(29-30)28-20(31)14-9-6-7-10-16(14)27-21(32)17-11-8-12-26-17;1-2-32-21(31)26-19-12(10-15(33-19)20(29)30)16(25-26)24-17(27)11-6-3-4-7-13(11)23-18(28)14-8-5-9-22-14/h6-13,26H,5H2,1-4H3,(H,27,32)(H,28,29,31);3-10,22H,2H2,1H3,(H,23,28)(H,29,30)(H,24,25,27). The number of fused-ring (bicyclic) bond motifs is 2. The third-order valence-electron chi connectivity index (χ3n) is 9.40. The Labute approximate surface area is 403 Å². The highest BCUT2D eigenvalue weighted by Gasteiger charge is 2.28. The van der Waals surface area contributed by atoms with E-state index in [0.29, 0.717) is 21.6 Å². The normalized spacial score (nSPS) is 11.0. The summed E-state index contributed by atoms with van der Waals surface area (Å²) in [6.07, 6.45) is 1.65. The van der Waals surface area contributed by atoms with Crippen LogP contribution < -0.4 is 21.3 Å². The maximum atomic E-state index is 13.3. The van der Waals surface area contributed by atoms with E-state index in [-0.39, 0.29) is 67.3 Å². The third kappa shape index (κ3) is 11.1. The fourth-order valence-electron chi connectivity index (χ4n) is 6.40. The van der Waals surface area contributed by atoms with Crippen molar-refractivity contribution in [2.24, 2.45) is 0 Å². The molecular weight excluding hydrogens is 949 g/mol.